The van der Waals surface area contributed by atoms with Crippen LogP contribution in [0.25, 0.3) is 0 Å². The van der Waals surface area contributed by atoms with Gasteiger partial charge in [0.2, 0.25) is 0 Å². The number of piperidine rings is 1. The summed E-state index contributed by atoms with van der Waals surface area (Å²) < 4.78 is 37.4. The Morgan fingerprint density at radius 1 is 1.12 bits per heavy atom. The molecule has 2 aliphatic heterocycles. The molecule has 1 unspecified atom stereocenters. The molecular formula is C12H21F3N2. The first-order valence-electron chi connectivity index (χ1n) is 6.55. The molecule has 2 rings (SSSR count). The van der Waals surface area contributed by atoms with Gasteiger partial charge in [-0.15, -0.1) is 0 Å². The molecule has 2 nitrogen and oxygen atoms in total. The minimum Gasteiger partial charge on any atom is -0.316 e. The average Bonchev–Trinajstić information content (AvgIpc) is 2.78. The fourth-order valence-electron chi connectivity index (χ4n) is 2.81. The fraction of sp³-hybridized carbons (Fsp3) is 1.00. The Balaban J connectivity index is 1.65. The van der Waals surface area contributed by atoms with Crippen LogP contribution in [0, 0.1) is 11.8 Å². The predicted octanol–water partition coefficient (Wildman–Crippen LogP) is 2.26. The van der Waals surface area contributed by atoms with Gasteiger partial charge in [-0.25, -0.2) is 0 Å². The van der Waals surface area contributed by atoms with E-state index in [0.29, 0.717) is 13.1 Å². The molecule has 17 heavy (non-hydrogen) atoms. The van der Waals surface area contributed by atoms with Crippen LogP contribution in [0.15, 0.2) is 0 Å². The van der Waals surface area contributed by atoms with Gasteiger partial charge in [0.1, 0.15) is 0 Å². The topological polar surface area (TPSA) is 15.3 Å². The molecule has 0 saturated carbocycles. The predicted molar refractivity (Wildman–Crippen MR) is 60.8 cm³/mol. The van der Waals surface area contributed by atoms with Crippen molar-refractivity contribution in [1.29, 1.82) is 0 Å². The SMILES string of the molecule is FC(F)(F)C1CCN(CCC2CCNC2)CC1. The highest BCUT2D eigenvalue weighted by molar-refractivity contribution is 4.78. The van der Waals surface area contributed by atoms with Gasteiger partial charge < -0.3 is 10.2 Å². The van der Waals surface area contributed by atoms with Crippen LogP contribution in [-0.4, -0.2) is 43.8 Å². The smallest absolute Gasteiger partial charge is 0.316 e. The monoisotopic (exact) mass is 250 g/mol. The van der Waals surface area contributed by atoms with Crippen LogP contribution in [0.3, 0.4) is 0 Å². The van der Waals surface area contributed by atoms with Gasteiger partial charge in [-0.1, -0.05) is 0 Å². The quantitative estimate of drug-likeness (QED) is 0.826. The van der Waals surface area contributed by atoms with E-state index in [-0.39, 0.29) is 12.8 Å². The molecule has 0 spiro atoms. The molecule has 1 N–H and O–H groups in total. The molecule has 0 radical (unpaired) electrons. The summed E-state index contributed by atoms with van der Waals surface area (Å²) in [5.74, 6) is -0.331. The molecule has 0 aromatic carbocycles. The van der Waals surface area contributed by atoms with E-state index in [1.54, 1.807) is 0 Å². The maximum absolute atomic E-state index is 12.5. The van der Waals surface area contributed by atoms with E-state index >= 15 is 0 Å². The van der Waals surface area contributed by atoms with Gasteiger partial charge >= 0.3 is 6.18 Å². The van der Waals surface area contributed by atoms with Gasteiger partial charge in [0, 0.05) is 0 Å². The van der Waals surface area contributed by atoms with Crippen LogP contribution in [-0.2, 0) is 0 Å². The van der Waals surface area contributed by atoms with Crippen molar-refractivity contribution in [3.05, 3.63) is 0 Å². The number of rotatable bonds is 3. The Hall–Kier alpha value is -0.290. The molecule has 5 heteroatoms. The molecule has 2 aliphatic rings. The minimum atomic E-state index is -3.98. The van der Waals surface area contributed by atoms with Crippen molar-refractivity contribution in [2.45, 2.75) is 31.9 Å². The summed E-state index contributed by atoms with van der Waals surface area (Å²) in [7, 11) is 0. The maximum Gasteiger partial charge on any atom is 0.391 e. The Morgan fingerprint density at radius 3 is 2.35 bits per heavy atom. The minimum absolute atomic E-state index is 0.284. The van der Waals surface area contributed by atoms with Crippen molar-refractivity contribution < 1.29 is 13.2 Å². The largest absolute Gasteiger partial charge is 0.391 e. The van der Waals surface area contributed by atoms with E-state index in [1.165, 1.54) is 6.42 Å². The third-order valence-electron chi connectivity index (χ3n) is 4.07. The van der Waals surface area contributed by atoms with E-state index in [2.05, 4.69) is 10.2 Å². The molecule has 2 saturated heterocycles. The first kappa shape index (κ1) is 13.1. The van der Waals surface area contributed by atoms with Gasteiger partial charge in [0.15, 0.2) is 0 Å². The van der Waals surface area contributed by atoms with Gasteiger partial charge in [0.05, 0.1) is 5.92 Å². The lowest BCUT2D eigenvalue weighted by atomic mass is 9.95. The molecule has 1 atom stereocenters. The zero-order valence-corrected chi connectivity index (χ0v) is 10.1. The first-order valence-corrected chi connectivity index (χ1v) is 6.55. The molecular weight excluding hydrogens is 229 g/mol. The van der Waals surface area contributed by atoms with Crippen molar-refractivity contribution in [2.24, 2.45) is 11.8 Å². The number of nitrogens with one attached hydrogen (secondary N) is 1. The molecule has 2 fully saturated rings. The van der Waals surface area contributed by atoms with Crippen molar-refractivity contribution in [1.82, 2.24) is 10.2 Å². The highest BCUT2D eigenvalue weighted by Crippen LogP contribution is 2.34. The average molecular weight is 250 g/mol. The third kappa shape index (κ3) is 3.85. The summed E-state index contributed by atoms with van der Waals surface area (Å²) >= 11 is 0. The summed E-state index contributed by atoms with van der Waals surface area (Å²) in [6, 6.07) is 0. The summed E-state index contributed by atoms with van der Waals surface area (Å²) in [6.45, 7) is 4.38. The number of hydrogen-bond donors (Lipinski definition) is 1. The van der Waals surface area contributed by atoms with Crippen LogP contribution >= 0.6 is 0 Å². The summed E-state index contributed by atoms with van der Waals surface area (Å²) in [5, 5.41) is 3.32. The van der Waals surface area contributed by atoms with E-state index in [0.717, 1.165) is 32.0 Å². The Labute approximate surface area is 101 Å². The number of halogens is 3. The summed E-state index contributed by atoms with van der Waals surface area (Å²) in [5.41, 5.74) is 0. The van der Waals surface area contributed by atoms with E-state index in [9.17, 15) is 13.2 Å². The first-order chi connectivity index (χ1) is 8.05. The van der Waals surface area contributed by atoms with Crippen molar-refractivity contribution in [3.63, 3.8) is 0 Å². The summed E-state index contributed by atoms with van der Waals surface area (Å²) in [4.78, 5) is 2.19. The molecule has 100 valence electrons. The maximum atomic E-state index is 12.5. The van der Waals surface area contributed by atoms with Gasteiger partial charge in [-0.3, -0.25) is 0 Å². The molecule has 0 aromatic heterocycles. The van der Waals surface area contributed by atoms with Crippen LogP contribution in [0.4, 0.5) is 13.2 Å². The Morgan fingerprint density at radius 2 is 1.82 bits per heavy atom. The molecule has 0 bridgehead atoms. The van der Waals surface area contributed by atoms with E-state index in [4.69, 9.17) is 0 Å². The zero-order valence-electron chi connectivity index (χ0n) is 10.1. The second kappa shape index (κ2) is 5.57. The van der Waals surface area contributed by atoms with Gasteiger partial charge in [0.25, 0.3) is 0 Å². The molecule has 0 aromatic rings. The third-order valence-corrected chi connectivity index (χ3v) is 4.07. The summed E-state index contributed by atoms with van der Waals surface area (Å²) in [6.07, 6.45) is -1.07. The van der Waals surface area contributed by atoms with Crippen molar-refractivity contribution in [2.75, 3.05) is 32.7 Å². The van der Waals surface area contributed by atoms with E-state index in [1.807, 2.05) is 0 Å². The van der Waals surface area contributed by atoms with Crippen LogP contribution in [0.2, 0.25) is 0 Å². The highest BCUT2D eigenvalue weighted by Gasteiger charge is 2.40. The Bertz CT molecular complexity index is 228. The van der Waals surface area contributed by atoms with Crippen LogP contribution in [0.1, 0.15) is 25.7 Å². The fourth-order valence-corrected chi connectivity index (χ4v) is 2.81. The van der Waals surface area contributed by atoms with Crippen molar-refractivity contribution in [3.8, 4) is 0 Å². The normalized spacial score (nSPS) is 28.8. The lowest BCUT2D eigenvalue weighted by Gasteiger charge is -2.33. The van der Waals surface area contributed by atoms with Gasteiger partial charge in [-0.2, -0.15) is 13.2 Å². The van der Waals surface area contributed by atoms with Crippen LogP contribution in [0.5, 0.6) is 0 Å². The lowest BCUT2D eigenvalue weighted by Crippen LogP contribution is -2.39. The van der Waals surface area contributed by atoms with Gasteiger partial charge in [-0.05, 0) is 64.3 Å². The van der Waals surface area contributed by atoms with Crippen LogP contribution < -0.4 is 5.32 Å². The second-order valence-corrected chi connectivity index (χ2v) is 5.31. The highest BCUT2D eigenvalue weighted by atomic mass is 19.4. The number of likely N-dealkylation sites (tertiary alicyclic amines) is 1. The lowest BCUT2D eigenvalue weighted by molar-refractivity contribution is -0.185. The number of alkyl halides is 3. The number of nitrogens with zero attached hydrogens (tertiary/aromatic N) is 1. The molecule has 0 amide bonds. The standard InChI is InChI=1S/C12H21F3N2/c13-12(14,15)11-3-7-17(8-4-11)6-2-10-1-5-16-9-10/h10-11,16H,1-9H2. The second-order valence-electron chi connectivity index (χ2n) is 5.31. The molecule has 0 aliphatic carbocycles. The molecule has 2 heterocycles. The Kier molecular flexibility index (Phi) is 4.31. The zero-order chi connectivity index (χ0) is 12.3. The van der Waals surface area contributed by atoms with E-state index < -0.39 is 12.1 Å². The van der Waals surface area contributed by atoms with Crippen molar-refractivity contribution >= 4 is 0 Å². The number of hydrogen-bond acceptors (Lipinski definition) is 2.